The fourth-order valence-electron chi connectivity index (χ4n) is 3.98. The number of amides is 1. The van der Waals surface area contributed by atoms with E-state index >= 15 is 0 Å². The summed E-state index contributed by atoms with van der Waals surface area (Å²) in [5.41, 5.74) is 4.02. The molecule has 1 saturated heterocycles. The van der Waals surface area contributed by atoms with Crippen LogP contribution in [0.5, 0.6) is 5.75 Å². The molecule has 0 bridgehead atoms. The van der Waals surface area contributed by atoms with E-state index in [0.29, 0.717) is 35.5 Å². The lowest BCUT2D eigenvalue weighted by atomic mass is 10.1. The first-order chi connectivity index (χ1) is 18.6. The van der Waals surface area contributed by atoms with Crippen molar-refractivity contribution in [3.05, 3.63) is 139 Å². The predicted molar refractivity (Wildman–Crippen MR) is 163 cm³/mol. The number of carbonyl (C=O) groups is 1. The summed E-state index contributed by atoms with van der Waals surface area (Å²) in [6.45, 7) is 1.38. The van der Waals surface area contributed by atoms with Gasteiger partial charge in [-0.15, -0.1) is 0 Å². The smallest absolute Gasteiger partial charge is 0.267 e. The monoisotopic (exact) mass is 646 g/mol. The van der Waals surface area contributed by atoms with Gasteiger partial charge >= 0.3 is 0 Å². The lowest BCUT2D eigenvalue weighted by molar-refractivity contribution is -0.122. The van der Waals surface area contributed by atoms with E-state index in [9.17, 15) is 4.79 Å². The number of hydrogen-bond donors (Lipinski definition) is 0. The third-order valence-corrected chi connectivity index (χ3v) is 7.95. The molecule has 38 heavy (non-hydrogen) atoms. The molecule has 1 fully saturated rings. The molecular weight excluding hydrogens is 624 g/mol. The van der Waals surface area contributed by atoms with Gasteiger partial charge in [-0.2, -0.15) is 0 Å². The van der Waals surface area contributed by atoms with Gasteiger partial charge in [0.15, 0.2) is 5.17 Å². The minimum atomic E-state index is -0.0734. The highest BCUT2D eigenvalue weighted by atomic mass is 79.9. The van der Waals surface area contributed by atoms with Crippen molar-refractivity contribution in [2.75, 3.05) is 0 Å². The molecule has 1 heterocycles. The Balaban J connectivity index is 1.46. The van der Waals surface area contributed by atoms with Gasteiger partial charge in [0, 0.05) is 10.0 Å². The molecule has 1 aliphatic rings. The first kappa shape index (κ1) is 26.5. The number of aliphatic imine (C=N–C) groups is 1. The Morgan fingerprint density at radius 1 is 0.816 bits per heavy atom. The zero-order chi connectivity index (χ0) is 26.3. The molecule has 0 aromatic heterocycles. The van der Waals surface area contributed by atoms with E-state index in [-0.39, 0.29) is 5.91 Å². The van der Waals surface area contributed by atoms with Gasteiger partial charge in [-0.25, -0.2) is 0 Å². The number of ether oxygens (including phenoxy) is 1. The standard InChI is InChI=1S/C31H24Br2N2O2S/c32-26-16-25(29(27(33)18-26)37-21-24-14-8-3-9-15-24)17-28-30(36)35(20-23-12-6-2-7-13-23)31(38-28)34-19-22-10-4-1-5-11-22/h1-18H,19-21H2/b28-17+,34-31?. The van der Waals surface area contributed by atoms with E-state index in [1.165, 1.54) is 11.8 Å². The van der Waals surface area contributed by atoms with Crippen LogP contribution in [0.2, 0.25) is 0 Å². The Bertz CT molecular complexity index is 1480. The van der Waals surface area contributed by atoms with Crippen LogP contribution in [0.25, 0.3) is 6.08 Å². The van der Waals surface area contributed by atoms with Crippen molar-refractivity contribution < 1.29 is 9.53 Å². The van der Waals surface area contributed by atoms with Crippen LogP contribution in [-0.2, 0) is 24.5 Å². The molecule has 0 saturated carbocycles. The molecule has 7 heteroatoms. The van der Waals surface area contributed by atoms with E-state index < -0.39 is 0 Å². The first-order valence-corrected chi connectivity index (χ1v) is 14.5. The number of benzene rings is 4. The van der Waals surface area contributed by atoms with Crippen LogP contribution in [0.3, 0.4) is 0 Å². The van der Waals surface area contributed by atoms with Crippen LogP contribution in [0.15, 0.2) is 122 Å². The van der Waals surface area contributed by atoms with E-state index in [1.54, 1.807) is 4.90 Å². The highest BCUT2D eigenvalue weighted by molar-refractivity contribution is 9.11. The van der Waals surface area contributed by atoms with Crippen molar-refractivity contribution in [2.45, 2.75) is 19.7 Å². The molecule has 0 spiro atoms. The number of nitrogens with zero attached hydrogens (tertiary/aromatic N) is 2. The number of thioether (sulfide) groups is 1. The molecule has 190 valence electrons. The van der Waals surface area contributed by atoms with Crippen LogP contribution in [0.1, 0.15) is 22.3 Å². The van der Waals surface area contributed by atoms with E-state index in [2.05, 4.69) is 31.9 Å². The van der Waals surface area contributed by atoms with Gasteiger partial charge < -0.3 is 4.74 Å². The molecule has 4 nitrogen and oxygen atoms in total. The second kappa shape index (κ2) is 12.6. The van der Waals surface area contributed by atoms with Crippen molar-refractivity contribution in [1.82, 2.24) is 4.90 Å². The van der Waals surface area contributed by atoms with E-state index in [1.807, 2.05) is 109 Å². The first-order valence-electron chi connectivity index (χ1n) is 12.1. The second-order valence-electron chi connectivity index (χ2n) is 8.65. The maximum absolute atomic E-state index is 13.7. The van der Waals surface area contributed by atoms with Gasteiger partial charge in [0.1, 0.15) is 12.4 Å². The molecule has 0 N–H and O–H groups in total. The fraction of sp³-hybridized carbons (Fsp3) is 0.0968. The number of rotatable bonds is 8. The Hall–Kier alpha value is -3.13. The Kier molecular flexibility index (Phi) is 8.79. The zero-order valence-electron chi connectivity index (χ0n) is 20.4. The summed E-state index contributed by atoms with van der Waals surface area (Å²) in [7, 11) is 0. The average molecular weight is 648 g/mol. The minimum Gasteiger partial charge on any atom is -0.487 e. The third kappa shape index (κ3) is 6.65. The normalized spacial score (nSPS) is 15.4. The van der Waals surface area contributed by atoms with Gasteiger partial charge in [-0.1, -0.05) is 107 Å². The Morgan fingerprint density at radius 2 is 1.42 bits per heavy atom. The maximum atomic E-state index is 13.7. The molecular formula is C31H24Br2N2O2S. The summed E-state index contributed by atoms with van der Waals surface area (Å²) in [6.07, 6.45) is 1.89. The lowest BCUT2D eigenvalue weighted by Crippen LogP contribution is -2.28. The van der Waals surface area contributed by atoms with E-state index in [0.717, 1.165) is 31.2 Å². The molecule has 0 unspecified atom stereocenters. The summed E-state index contributed by atoms with van der Waals surface area (Å²) in [4.78, 5) is 20.9. The topological polar surface area (TPSA) is 41.9 Å². The van der Waals surface area contributed by atoms with Gasteiger partial charge in [0.2, 0.25) is 0 Å². The molecule has 0 radical (unpaired) electrons. The van der Waals surface area contributed by atoms with Crippen LogP contribution in [0.4, 0.5) is 0 Å². The predicted octanol–water partition coefficient (Wildman–Crippen LogP) is 8.46. The fourth-order valence-corrected chi connectivity index (χ4v) is 6.32. The van der Waals surface area contributed by atoms with Crippen molar-refractivity contribution in [1.29, 1.82) is 0 Å². The van der Waals surface area contributed by atoms with E-state index in [4.69, 9.17) is 9.73 Å². The molecule has 4 aromatic carbocycles. The van der Waals surface area contributed by atoms with Gasteiger partial charge in [0.05, 0.1) is 22.5 Å². The average Bonchev–Trinajstić information content (AvgIpc) is 3.22. The van der Waals surface area contributed by atoms with Crippen LogP contribution in [0, 0.1) is 0 Å². The quantitative estimate of drug-likeness (QED) is 0.180. The molecule has 0 atom stereocenters. The van der Waals surface area contributed by atoms with Crippen LogP contribution in [-0.4, -0.2) is 16.0 Å². The number of hydrogen-bond acceptors (Lipinski definition) is 4. The minimum absolute atomic E-state index is 0.0734. The number of halogens is 2. The Labute approximate surface area is 243 Å². The van der Waals surface area contributed by atoms with Crippen molar-refractivity contribution in [3.63, 3.8) is 0 Å². The Morgan fingerprint density at radius 3 is 2.08 bits per heavy atom. The molecule has 1 aliphatic heterocycles. The van der Waals surface area contributed by atoms with Crippen molar-refractivity contribution in [3.8, 4) is 5.75 Å². The van der Waals surface area contributed by atoms with Crippen LogP contribution >= 0.6 is 43.6 Å². The summed E-state index contributed by atoms with van der Waals surface area (Å²) < 4.78 is 7.93. The number of carbonyl (C=O) groups excluding carboxylic acids is 1. The lowest BCUT2D eigenvalue weighted by Gasteiger charge is -2.16. The summed E-state index contributed by atoms with van der Waals surface area (Å²) >= 11 is 8.63. The van der Waals surface area contributed by atoms with Gasteiger partial charge in [-0.3, -0.25) is 14.7 Å². The third-order valence-electron chi connectivity index (χ3n) is 5.86. The summed E-state index contributed by atoms with van der Waals surface area (Å²) in [5.74, 6) is 0.609. The SMILES string of the molecule is O=C1/C(=C\c2cc(Br)cc(Br)c2OCc2ccccc2)SC(=NCc2ccccc2)N1Cc1ccccc1. The van der Waals surface area contributed by atoms with Gasteiger partial charge in [-0.05, 0) is 62.6 Å². The highest BCUT2D eigenvalue weighted by Crippen LogP contribution is 2.39. The molecule has 4 aromatic rings. The number of amidine groups is 1. The highest BCUT2D eigenvalue weighted by Gasteiger charge is 2.33. The van der Waals surface area contributed by atoms with Crippen molar-refractivity contribution >= 4 is 60.8 Å². The second-order valence-corrected chi connectivity index (χ2v) is 11.4. The zero-order valence-corrected chi connectivity index (χ0v) is 24.4. The van der Waals surface area contributed by atoms with Crippen LogP contribution < -0.4 is 4.74 Å². The van der Waals surface area contributed by atoms with Gasteiger partial charge in [0.25, 0.3) is 5.91 Å². The molecule has 0 aliphatic carbocycles. The summed E-state index contributed by atoms with van der Waals surface area (Å²) in [6, 6.07) is 34.0. The largest absolute Gasteiger partial charge is 0.487 e. The maximum Gasteiger partial charge on any atom is 0.267 e. The summed E-state index contributed by atoms with van der Waals surface area (Å²) in [5, 5.41) is 0.690. The molecule has 5 rings (SSSR count). The van der Waals surface area contributed by atoms with Crippen molar-refractivity contribution in [2.24, 2.45) is 4.99 Å². The molecule has 1 amide bonds.